The summed E-state index contributed by atoms with van der Waals surface area (Å²) in [5.41, 5.74) is 2.13. The zero-order valence-corrected chi connectivity index (χ0v) is 14.4. The van der Waals surface area contributed by atoms with E-state index in [9.17, 15) is 4.39 Å². The molecule has 0 fully saturated rings. The molecular weight excluding hydrogens is 357 g/mol. The van der Waals surface area contributed by atoms with Crippen molar-refractivity contribution in [3.63, 3.8) is 0 Å². The molecular formula is C18H13ClFN5O. The minimum atomic E-state index is -0.475. The smallest absolute Gasteiger partial charge is 0.145 e. The standard InChI is InChI=1S/C18H13ClFN5O/c1-26-17-8-15-12(7-16(17)25-5-4-21-10-25)18(23-9-22-15)24-11-2-3-14(20)13(19)6-11/h2-10H,1H3,(H,22,23,24). The molecule has 8 heteroatoms. The second-order valence-corrected chi connectivity index (χ2v) is 5.89. The molecule has 0 aliphatic heterocycles. The topological polar surface area (TPSA) is 64.9 Å². The van der Waals surface area contributed by atoms with Gasteiger partial charge < -0.3 is 14.6 Å². The van der Waals surface area contributed by atoms with Crippen LogP contribution in [-0.2, 0) is 0 Å². The van der Waals surface area contributed by atoms with Crippen LogP contribution in [0.15, 0.2) is 55.4 Å². The minimum absolute atomic E-state index is 0.0362. The van der Waals surface area contributed by atoms with E-state index in [-0.39, 0.29) is 5.02 Å². The molecule has 0 atom stereocenters. The third-order valence-electron chi connectivity index (χ3n) is 3.90. The van der Waals surface area contributed by atoms with E-state index in [0.717, 1.165) is 11.1 Å². The largest absolute Gasteiger partial charge is 0.494 e. The number of hydrogen-bond donors (Lipinski definition) is 1. The van der Waals surface area contributed by atoms with Crippen LogP contribution < -0.4 is 10.1 Å². The maximum absolute atomic E-state index is 13.4. The molecule has 0 aliphatic carbocycles. The Morgan fingerprint density at radius 2 is 2.08 bits per heavy atom. The van der Waals surface area contributed by atoms with Gasteiger partial charge in [-0.15, -0.1) is 0 Å². The van der Waals surface area contributed by atoms with Crippen molar-refractivity contribution in [2.75, 3.05) is 12.4 Å². The van der Waals surface area contributed by atoms with Crippen LogP contribution in [0.3, 0.4) is 0 Å². The quantitative estimate of drug-likeness (QED) is 0.579. The van der Waals surface area contributed by atoms with Crippen molar-refractivity contribution in [3.05, 3.63) is 66.2 Å². The van der Waals surface area contributed by atoms with Gasteiger partial charge in [0, 0.05) is 29.5 Å². The first-order chi connectivity index (χ1) is 12.7. The van der Waals surface area contributed by atoms with Crippen LogP contribution in [0.5, 0.6) is 5.75 Å². The van der Waals surface area contributed by atoms with Gasteiger partial charge in [0.05, 0.1) is 29.7 Å². The first-order valence-corrected chi connectivity index (χ1v) is 8.06. The van der Waals surface area contributed by atoms with E-state index in [2.05, 4.69) is 20.3 Å². The number of imidazole rings is 1. The molecule has 0 aliphatic rings. The Morgan fingerprint density at radius 3 is 2.81 bits per heavy atom. The summed E-state index contributed by atoms with van der Waals surface area (Å²) in [5, 5.41) is 3.97. The zero-order chi connectivity index (χ0) is 18.1. The summed E-state index contributed by atoms with van der Waals surface area (Å²) >= 11 is 5.86. The molecule has 2 aromatic carbocycles. The monoisotopic (exact) mass is 369 g/mol. The van der Waals surface area contributed by atoms with Crippen LogP contribution in [0, 0.1) is 5.82 Å². The molecule has 6 nitrogen and oxygen atoms in total. The van der Waals surface area contributed by atoms with E-state index in [1.165, 1.54) is 18.5 Å². The summed E-state index contributed by atoms with van der Waals surface area (Å²) < 4.78 is 20.7. The van der Waals surface area contributed by atoms with Crippen molar-refractivity contribution in [1.82, 2.24) is 19.5 Å². The van der Waals surface area contributed by atoms with Crippen LogP contribution >= 0.6 is 11.6 Å². The molecule has 0 spiro atoms. The molecule has 2 heterocycles. The Bertz CT molecular complexity index is 1080. The number of hydrogen-bond acceptors (Lipinski definition) is 5. The maximum atomic E-state index is 13.4. The van der Waals surface area contributed by atoms with Crippen molar-refractivity contribution in [1.29, 1.82) is 0 Å². The van der Waals surface area contributed by atoms with Crippen molar-refractivity contribution in [2.24, 2.45) is 0 Å². The predicted molar refractivity (Wildman–Crippen MR) is 97.9 cm³/mol. The van der Waals surface area contributed by atoms with Gasteiger partial charge in [0.15, 0.2) is 0 Å². The molecule has 0 bridgehead atoms. The summed E-state index contributed by atoms with van der Waals surface area (Å²) in [6.45, 7) is 0. The molecule has 1 N–H and O–H groups in total. The average Bonchev–Trinajstić information content (AvgIpc) is 3.18. The molecule has 0 unspecified atom stereocenters. The highest BCUT2D eigenvalue weighted by Gasteiger charge is 2.12. The second-order valence-electron chi connectivity index (χ2n) is 5.49. The van der Waals surface area contributed by atoms with Gasteiger partial charge in [0.2, 0.25) is 0 Å². The molecule has 4 rings (SSSR count). The summed E-state index contributed by atoms with van der Waals surface area (Å²) in [7, 11) is 1.60. The SMILES string of the molecule is COc1cc2ncnc(Nc3ccc(F)c(Cl)c3)c2cc1-n1ccnc1. The number of anilines is 2. The van der Waals surface area contributed by atoms with E-state index < -0.39 is 5.82 Å². The lowest BCUT2D eigenvalue weighted by Crippen LogP contribution is -2.00. The van der Waals surface area contributed by atoms with Crippen LogP contribution in [0.25, 0.3) is 16.6 Å². The molecule has 26 heavy (non-hydrogen) atoms. The molecule has 4 aromatic rings. The number of rotatable bonds is 4. The van der Waals surface area contributed by atoms with E-state index >= 15 is 0 Å². The Morgan fingerprint density at radius 1 is 1.19 bits per heavy atom. The van der Waals surface area contributed by atoms with E-state index in [1.807, 2.05) is 22.9 Å². The van der Waals surface area contributed by atoms with Gasteiger partial charge in [0.1, 0.15) is 23.7 Å². The summed E-state index contributed by atoms with van der Waals surface area (Å²) in [6, 6.07) is 8.13. The van der Waals surface area contributed by atoms with Crippen molar-refractivity contribution in [3.8, 4) is 11.4 Å². The first-order valence-electron chi connectivity index (χ1n) is 7.69. The van der Waals surface area contributed by atoms with Gasteiger partial charge in [-0.2, -0.15) is 0 Å². The molecule has 130 valence electrons. The minimum Gasteiger partial charge on any atom is -0.494 e. The summed E-state index contributed by atoms with van der Waals surface area (Å²) in [5.74, 6) is 0.753. The molecule has 0 saturated carbocycles. The maximum Gasteiger partial charge on any atom is 0.145 e. The number of fused-ring (bicyclic) bond motifs is 1. The lowest BCUT2D eigenvalue weighted by Gasteiger charge is -2.13. The van der Waals surface area contributed by atoms with Gasteiger partial charge in [-0.3, -0.25) is 0 Å². The normalized spacial score (nSPS) is 10.9. The number of halogens is 2. The van der Waals surface area contributed by atoms with Gasteiger partial charge in [-0.25, -0.2) is 19.3 Å². The fraction of sp³-hybridized carbons (Fsp3) is 0.0556. The van der Waals surface area contributed by atoms with Crippen molar-refractivity contribution >= 4 is 34.0 Å². The van der Waals surface area contributed by atoms with Gasteiger partial charge in [-0.1, -0.05) is 11.6 Å². The molecule has 0 amide bonds. The van der Waals surface area contributed by atoms with Crippen molar-refractivity contribution < 1.29 is 9.13 Å². The second kappa shape index (κ2) is 6.61. The Hall–Kier alpha value is -3.19. The lowest BCUT2D eigenvalue weighted by atomic mass is 10.2. The highest BCUT2D eigenvalue weighted by Crippen LogP contribution is 2.32. The van der Waals surface area contributed by atoms with Crippen LogP contribution in [0.4, 0.5) is 15.9 Å². The number of nitrogens with one attached hydrogen (secondary N) is 1. The highest BCUT2D eigenvalue weighted by molar-refractivity contribution is 6.31. The molecule has 2 aromatic heterocycles. The average molecular weight is 370 g/mol. The zero-order valence-electron chi connectivity index (χ0n) is 13.6. The fourth-order valence-corrected chi connectivity index (χ4v) is 2.83. The number of nitrogens with zero attached hydrogens (tertiary/aromatic N) is 4. The van der Waals surface area contributed by atoms with E-state index in [4.69, 9.17) is 16.3 Å². The number of ether oxygens (including phenoxy) is 1. The Kier molecular flexibility index (Phi) is 4.14. The molecule has 0 radical (unpaired) electrons. The van der Waals surface area contributed by atoms with Crippen LogP contribution in [0.1, 0.15) is 0 Å². The Balaban J connectivity index is 1.84. The van der Waals surface area contributed by atoms with Gasteiger partial charge >= 0.3 is 0 Å². The lowest BCUT2D eigenvalue weighted by molar-refractivity contribution is 0.413. The van der Waals surface area contributed by atoms with Crippen LogP contribution in [0.2, 0.25) is 5.02 Å². The van der Waals surface area contributed by atoms with Gasteiger partial charge in [-0.05, 0) is 24.3 Å². The number of aromatic nitrogens is 4. The third kappa shape index (κ3) is 2.93. The fourth-order valence-electron chi connectivity index (χ4n) is 2.65. The van der Waals surface area contributed by atoms with Gasteiger partial charge in [0.25, 0.3) is 0 Å². The number of methoxy groups -OCH3 is 1. The molecule has 0 saturated heterocycles. The third-order valence-corrected chi connectivity index (χ3v) is 4.19. The van der Waals surface area contributed by atoms with Crippen molar-refractivity contribution in [2.45, 2.75) is 0 Å². The summed E-state index contributed by atoms with van der Waals surface area (Å²) in [4.78, 5) is 12.7. The van der Waals surface area contributed by atoms with Crippen LogP contribution in [-0.4, -0.2) is 26.6 Å². The summed E-state index contributed by atoms with van der Waals surface area (Å²) in [6.07, 6.45) is 6.64. The van der Waals surface area contributed by atoms with E-state index in [1.54, 1.807) is 25.7 Å². The first kappa shape index (κ1) is 16.3. The predicted octanol–water partition coefficient (Wildman–Crippen LogP) is 4.36. The van der Waals surface area contributed by atoms with E-state index in [0.29, 0.717) is 22.8 Å². The Labute approximate surface area is 153 Å². The highest BCUT2D eigenvalue weighted by atomic mass is 35.5. The number of benzene rings is 2.